The van der Waals surface area contributed by atoms with Crippen LogP contribution in [0.15, 0.2) is 36.4 Å². The highest BCUT2D eigenvalue weighted by molar-refractivity contribution is 5.93. The lowest BCUT2D eigenvalue weighted by Gasteiger charge is -2.36. The molecule has 0 unspecified atom stereocenters. The van der Waals surface area contributed by atoms with E-state index in [0.717, 1.165) is 23.1 Å². The van der Waals surface area contributed by atoms with Crippen molar-refractivity contribution < 1.29 is 18.0 Å². The largest absolute Gasteiger partial charge is 0.410 e. The van der Waals surface area contributed by atoms with Crippen molar-refractivity contribution in [1.82, 2.24) is 14.7 Å². The van der Waals surface area contributed by atoms with Crippen molar-refractivity contribution in [2.45, 2.75) is 57.4 Å². The Hall–Kier alpha value is -2.51. The summed E-state index contributed by atoms with van der Waals surface area (Å²) >= 11 is 0. The Bertz CT molecular complexity index is 880. The van der Waals surface area contributed by atoms with Gasteiger partial charge < -0.3 is 10.2 Å². The summed E-state index contributed by atoms with van der Waals surface area (Å²) in [7, 11) is 0. The maximum atomic E-state index is 13.8. The third-order valence-corrected chi connectivity index (χ3v) is 5.99. The molecule has 8 heteroatoms. The van der Waals surface area contributed by atoms with E-state index in [4.69, 9.17) is 0 Å². The quantitative estimate of drug-likeness (QED) is 0.779. The second-order valence-electron chi connectivity index (χ2n) is 8.25. The highest BCUT2D eigenvalue weighted by atomic mass is 19.4. The van der Waals surface area contributed by atoms with Gasteiger partial charge in [-0.1, -0.05) is 37.3 Å². The molecule has 29 heavy (non-hydrogen) atoms. The molecule has 0 bridgehead atoms. The minimum atomic E-state index is -4.46. The fraction of sp³-hybridized carbons (Fsp3) is 0.524. The molecule has 2 aliphatic heterocycles. The zero-order chi connectivity index (χ0) is 20.8. The molecule has 2 aliphatic rings. The van der Waals surface area contributed by atoms with E-state index in [-0.39, 0.29) is 29.9 Å². The first-order valence-electron chi connectivity index (χ1n) is 10.0. The van der Waals surface area contributed by atoms with Crippen molar-refractivity contribution in [3.63, 3.8) is 0 Å². The summed E-state index contributed by atoms with van der Waals surface area (Å²) in [5, 5.41) is 7.25. The Morgan fingerprint density at radius 3 is 2.59 bits per heavy atom. The lowest BCUT2D eigenvalue weighted by Crippen LogP contribution is -2.45. The van der Waals surface area contributed by atoms with E-state index in [1.165, 1.54) is 6.07 Å². The van der Waals surface area contributed by atoms with Crippen LogP contribution >= 0.6 is 0 Å². The molecule has 4 rings (SSSR count). The Kier molecular flexibility index (Phi) is 5.04. The van der Waals surface area contributed by atoms with Crippen molar-refractivity contribution >= 4 is 11.7 Å². The number of rotatable bonds is 2. The maximum absolute atomic E-state index is 13.8. The monoisotopic (exact) mass is 406 g/mol. The second-order valence-corrected chi connectivity index (χ2v) is 8.25. The number of piperidine rings is 1. The number of halogens is 3. The minimum Gasteiger partial charge on any atom is -0.363 e. The van der Waals surface area contributed by atoms with E-state index in [9.17, 15) is 18.0 Å². The van der Waals surface area contributed by atoms with Crippen LogP contribution in [0.3, 0.4) is 0 Å². The Morgan fingerprint density at radius 1 is 1.17 bits per heavy atom. The van der Waals surface area contributed by atoms with Gasteiger partial charge in [-0.2, -0.15) is 18.3 Å². The molecule has 1 aromatic heterocycles. The average Bonchev–Trinajstić information content (AvgIpc) is 3.12. The fourth-order valence-corrected chi connectivity index (χ4v) is 4.30. The van der Waals surface area contributed by atoms with Crippen LogP contribution in [-0.2, 0) is 0 Å². The lowest BCUT2D eigenvalue weighted by molar-refractivity contribution is -0.173. The standard InChI is InChI=1S/C21H25F3N4O/c1-13-8-9-14(2)27(12-13)20(29)17-11-19-25-16(15-6-4-3-5-7-15)10-18(21(22,23)24)28(19)26-17/h3-7,11,13-14,16,18,25H,8-10,12H2,1-2H3/t13-,14+,16-,18+/m1/s1. The van der Waals surface area contributed by atoms with Crippen molar-refractivity contribution in [2.75, 3.05) is 11.9 Å². The number of carbonyl (C=O) groups excluding carboxylic acids is 1. The first kappa shape index (κ1) is 19.8. The molecule has 1 amide bonds. The summed E-state index contributed by atoms with van der Waals surface area (Å²) in [4.78, 5) is 14.8. The fourth-order valence-electron chi connectivity index (χ4n) is 4.30. The molecule has 2 aromatic rings. The first-order valence-corrected chi connectivity index (χ1v) is 10.0. The molecule has 1 N–H and O–H groups in total. The van der Waals surface area contributed by atoms with Gasteiger partial charge in [0.05, 0.1) is 6.04 Å². The molecule has 0 saturated carbocycles. The molecule has 5 nitrogen and oxygen atoms in total. The molecule has 0 spiro atoms. The Balaban J connectivity index is 1.66. The summed E-state index contributed by atoms with van der Waals surface area (Å²) in [5.74, 6) is 0.300. The van der Waals surface area contributed by atoms with Crippen LogP contribution in [0.4, 0.5) is 19.0 Å². The molecule has 3 heterocycles. The summed E-state index contributed by atoms with van der Waals surface area (Å²) in [6.45, 7) is 4.66. The van der Waals surface area contributed by atoms with E-state index < -0.39 is 18.3 Å². The van der Waals surface area contributed by atoms with Crippen LogP contribution in [-0.4, -0.2) is 39.4 Å². The number of amides is 1. The van der Waals surface area contributed by atoms with E-state index >= 15 is 0 Å². The van der Waals surface area contributed by atoms with E-state index in [1.807, 2.05) is 13.0 Å². The van der Waals surface area contributed by atoms with Crippen LogP contribution in [0.5, 0.6) is 0 Å². The Labute approximate surface area is 167 Å². The molecule has 1 saturated heterocycles. The summed E-state index contributed by atoms with van der Waals surface area (Å²) in [5.41, 5.74) is 0.844. The number of aromatic nitrogens is 2. The van der Waals surface area contributed by atoms with Gasteiger partial charge >= 0.3 is 6.18 Å². The molecule has 1 fully saturated rings. The second kappa shape index (κ2) is 7.39. The number of anilines is 1. The van der Waals surface area contributed by atoms with Gasteiger partial charge in [-0.25, -0.2) is 4.68 Å². The van der Waals surface area contributed by atoms with Crippen molar-refractivity contribution in [1.29, 1.82) is 0 Å². The van der Waals surface area contributed by atoms with Gasteiger partial charge in [0.1, 0.15) is 5.82 Å². The van der Waals surface area contributed by atoms with Crippen LogP contribution in [0, 0.1) is 5.92 Å². The maximum Gasteiger partial charge on any atom is 0.410 e. The summed E-state index contributed by atoms with van der Waals surface area (Å²) < 4.78 is 42.3. The van der Waals surface area contributed by atoms with Crippen LogP contribution in [0.1, 0.15) is 61.2 Å². The van der Waals surface area contributed by atoms with Gasteiger partial charge in [0.25, 0.3) is 5.91 Å². The normalized spacial score (nSPS) is 27.3. The lowest BCUT2D eigenvalue weighted by atomic mass is 9.95. The van der Waals surface area contributed by atoms with Gasteiger partial charge in [-0.05, 0) is 31.2 Å². The molecular formula is C21H25F3N4O. The predicted molar refractivity (Wildman–Crippen MR) is 104 cm³/mol. The highest BCUT2D eigenvalue weighted by Gasteiger charge is 2.47. The summed E-state index contributed by atoms with van der Waals surface area (Å²) in [6, 6.07) is 8.30. The van der Waals surface area contributed by atoms with E-state index in [1.54, 1.807) is 29.2 Å². The molecule has 156 valence electrons. The van der Waals surface area contributed by atoms with Crippen molar-refractivity contribution in [3.05, 3.63) is 47.7 Å². The number of nitrogens with one attached hydrogen (secondary N) is 1. The number of carbonyl (C=O) groups is 1. The van der Waals surface area contributed by atoms with Gasteiger partial charge in [0, 0.05) is 25.1 Å². The van der Waals surface area contributed by atoms with Crippen molar-refractivity contribution in [3.8, 4) is 0 Å². The molecule has 0 radical (unpaired) electrons. The van der Waals surface area contributed by atoms with E-state index in [0.29, 0.717) is 12.5 Å². The highest BCUT2D eigenvalue weighted by Crippen LogP contribution is 2.43. The van der Waals surface area contributed by atoms with Crippen molar-refractivity contribution in [2.24, 2.45) is 5.92 Å². The van der Waals surface area contributed by atoms with Crippen LogP contribution < -0.4 is 5.32 Å². The van der Waals surface area contributed by atoms with Gasteiger partial charge in [-0.3, -0.25) is 4.79 Å². The summed E-state index contributed by atoms with van der Waals surface area (Å²) in [6.07, 6.45) is -2.70. The van der Waals surface area contributed by atoms with Gasteiger partial charge in [0.15, 0.2) is 11.7 Å². The number of nitrogens with zero attached hydrogens (tertiary/aromatic N) is 3. The number of hydrogen-bond acceptors (Lipinski definition) is 3. The van der Waals surface area contributed by atoms with Crippen LogP contribution in [0.2, 0.25) is 0 Å². The SMILES string of the molecule is C[C@@H]1CC[C@H](C)N(C(=O)c2cc3n(n2)[C@H](C(F)(F)F)C[C@H](c2ccccc2)N3)C1. The first-order chi connectivity index (χ1) is 13.7. The molecule has 1 aromatic carbocycles. The predicted octanol–water partition coefficient (Wildman–Crippen LogP) is 4.80. The zero-order valence-corrected chi connectivity index (χ0v) is 16.5. The topological polar surface area (TPSA) is 50.2 Å². The zero-order valence-electron chi connectivity index (χ0n) is 16.5. The number of hydrogen-bond donors (Lipinski definition) is 1. The number of benzene rings is 1. The minimum absolute atomic E-state index is 0.0564. The molecular weight excluding hydrogens is 381 g/mol. The number of fused-ring (bicyclic) bond motifs is 1. The average molecular weight is 406 g/mol. The van der Waals surface area contributed by atoms with E-state index in [2.05, 4.69) is 17.3 Å². The third-order valence-electron chi connectivity index (χ3n) is 5.99. The number of alkyl halides is 3. The third kappa shape index (κ3) is 3.84. The van der Waals surface area contributed by atoms with Gasteiger partial charge in [-0.15, -0.1) is 0 Å². The Morgan fingerprint density at radius 2 is 1.90 bits per heavy atom. The molecule has 0 aliphatic carbocycles. The van der Waals surface area contributed by atoms with Crippen LogP contribution in [0.25, 0.3) is 0 Å². The molecule has 4 atom stereocenters. The van der Waals surface area contributed by atoms with Gasteiger partial charge in [0.2, 0.25) is 0 Å². The number of likely N-dealkylation sites (tertiary alicyclic amines) is 1. The smallest absolute Gasteiger partial charge is 0.363 e.